The van der Waals surface area contributed by atoms with Crippen LogP contribution in [0.25, 0.3) is 0 Å². The van der Waals surface area contributed by atoms with Crippen molar-refractivity contribution in [2.24, 2.45) is 0 Å². The van der Waals surface area contributed by atoms with Crippen LogP contribution in [0.2, 0.25) is 0 Å². The summed E-state index contributed by atoms with van der Waals surface area (Å²) in [6.07, 6.45) is 2.13. The van der Waals surface area contributed by atoms with Crippen LogP contribution in [-0.2, 0) is 20.4 Å². The number of ether oxygens (including phenoxy) is 1. The zero-order valence-corrected chi connectivity index (χ0v) is 21.7. The van der Waals surface area contributed by atoms with Crippen molar-refractivity contribution in [1.82, 2.24) is 5.32 Å². The molecule has 36 heavy (non-hydrogen) atoms. The van der Waals surface area contributed by atoms with Crippen LogP contribution >= 0.6 is 0 Å². The Morgan fingerprint density at radius 3 is 2.08 bits per heavy atom. The summed E-state index contributed by atoms with van der Waals surface area (Å²) < 4.78 is 10.5. The lowest BCUT2D eigenvalue weighted by Gasteiger charge is -2.42. The topological polar surface area (TPSA) is 85.6 Å². The largest absolute Gasteiger partial charge is 0.467 e. The number of hydrogen-bond donors (Lipinski definition) is 1. The SMILES string of the molecule is COC(=O)C(NC(=O)c1ccc(C(=O)c2cc3c(cc2C)C(C)(C)CCC3(C)C)o1)c1ccccc1. The highest BCUT2D eigenvalue weighted by atomic mass is 16.5. The first-order chi connectivity index (χ1) is 16.9. The van der Waals surface area contributed by atoms with Gasteiger partial charge in [0.1, 0.15) is 0 Å². The van der Waals surface area contributed by atoms with Crippen molar-refractivity contribution in [2.45, 2.75) is 64.3 Å². The van der Waals surface area contributed by atoms with Crippen LogP contribution in [0.1, 0.15) is 95.5 Å². The molecule has 2 aromatic carbocycles. The summed E-state index contributed by atoms with van der Waals surface area (Å²) >= 11 is 0. The van der Waals surface area contributed by atoms with E-state index in [-0.39, 0.29) is 28.1 Å². The van der Waals surface area contributed by atoms with Gasteiger partial charge in [0, 0.05) is 5.56 Å². The van der Waals surface area contributed by atoms with Gasteiger partial charge in [-0.25, -0.2) is 4.79 Å². The van der Waals surface area contributed by atoms with E-state index in [4.69, 9.17) is 9.15 Å². The highest BCUT2D eigenvalue weighted by Crippen LogP contribution is 2.46. The molecule has 1 atom stereocenters. The van der Waals surface area contributed by atoms with Crippen molar-refractivity contribution < 1.29 is 23.5 Å². The van der Waals surface area contributed by atoms with Gasteiger partial charge in [-0.15, -0.1) is 0 Å². The molecule has 188 valence electrons. The summed E-state index contributed by atoms with van der Waals surface area (Å²) in [5.41, 5.74) is 4.49. The quantitative estimate of drug-likeness (QED) is 0.350. The van der Waals surface area contributed by atoms with Crippen molar-refractivity contribution in [3.8, 4) is 0 Å². The molecule has 1 N–H and O–H groups in total. The standard InChI is InChI=1S/C30H33NO5/c1-18-16-21-22(30(4,5)15-14-29(21,2)3)17-20(18)26(32)23-12-13-24(36-23)27(33)31-25(28(34)35-6)19-10-8-7-9-11-19/h7-13,16-17,25H,14-15H2,1-6H3,(H,31,33). The van der Waals surface area contributed by atoms with E-state index in [1.54, 1.807) is 24.3 Å². The van der Waals surface area contributed by atoms with Crippen LogP contribution in [0.5, 0.6) is 0 Å². The summed E-state index contributed by atoms with van der Waals surface area (Å²) in [6.45, 7) is 10.9. The summed E-state index contributed by atoms with van der Waals surface area (Å²) in [4.78, 5) is 38.7. The van der Waals surface area contributed by atoms with Crippen molar-refractivity contribution in [2.75, 3.05) is 7.11 Å². The number of benzene rings is 2. The molecule has 1 amide bonds. The number of rotatable bonds is 6. The number of carbonyl (C=O) groups excluding carboxylic acids is 3. The van der Waals surface area contributed by atoms with E-state index < -0.39 is 17.9 Å². The Bertz CT molecular complexity index is 1320. The summed E-state index contributed by atoms with van der Waals surface area (Å²) in [5, 5.41) is 2.65. The van der Waals surface area contributed by atoms with E-state index in [0.717, 1.165) is 18.4 Å². The van der Waals surface area contributed by atoms with Gasteiger partial charge in [-0.05, 0) is 71.0 Å². The van der Waals surface area contributed by atoms with Crippen molar-refractivity contribution >= 4 is 17.7 Å². The first-order valence-electron chi connectivity index (χ1n) is 12.2. The molecule has 1 heterocycles. The lowest BCUT2D eigenvalue weighted by atomic mass is 9.62. The van der Waals surface area contributed by atoms with Crippen molar-refractivity contribution in [1.29, 1.82) is 0 Å². The minimum absolute atomic E-state index is 0.0396. The van der Waals surface area contributed by atoms with Gasteiger partial charge in [0.05, 0.1) is 7.11 Å². The molecule has 1 aromatic heterocycles. The van der Waals surface area contributed by atoms with E-state index in [9.17, 15) is 14.4 Å². The predicted molar refractivity (Wildman–Crippen MR) is 137 cm³/mol. The van der Waals surface area contributed by atoms with Crippen LogP contribution in [0, 0.1) is 6.92 Å². The molecule has 1 aliphatic rings. The Labute approximate surface area is 212 Å². The molecule has 0 saturated heterocycles. The predicted octanol–water partition coefficient (Wildman–Crippen LogP) is 5.81. The Kier molecular flexibility index (Phi) is 6.65. The maximum atomic E-state index is 13.5. The van der Waals surface area contributed by atoms with Gasteiger partial charge in [0.15, 0.2) is 17.6 Å². The lowest BCUT2D eigenvalue weighted by molar-refractivity contribution is -0.143. The molecular formula is C30H33NO5. The molecule has 1 aliphatic carbocycles. The van der Waals surface area contributed by atoms with Crippen LogP contribution in [-0.4, -0.2) is 24.8 Å². The highest BCUT2D eigenvalue weighted by molar-refractivity contribution is 6.09. The summed E-state index contributed by atoms with van der Waals surface area (Å²) in [6, 6.07) is 14.9. The van der Waals surface area contributed by atoms with E-state index in [1.165, 1.54) is 30.4 Å². The molecule has 6 heteroatoms. The van der Waals surface area contributed by atoms with Crippen LogP contribution in [0.3, 0.4) is 0 Å². The van der Waals surface area contributed by atoms with Gasteiger partial charge in [0.2, 0.25) is 5.78 Å². The van der Waals surface area contributed by atoms with Crippen LogP contribution < -0.4 is 5.32 Å². The summed E-state index contributed by atoms with van der Waals surface area (Å²) in [5.74, 6) is -1.47. The van der Waals surface area contributed by atoms with Crippen LogP contribution in [0.4, 0.5) is 0 Å². The van der Waals surface area contributed by atoms with Gasteiger partial charge < -0.3 is 14.5 Å². The second-order valence-corrected chi connectivity index (χ2v) is 10.8. The van der Waals surface area contributed by atoms with Crippen LogP contribution in [0.15, 0.2) is 59.0 Å². The monoisotopic (exact) mass is 487 g/mol. The lowest BCUT2D eigenvalue weighted by Crippen LogP contribution is -2.34. The summed E-state index contributed by atoms with van der Waals surface area (Å²) in [7, 11) is 1.26. The fourth-order valence-corrected chi connectivity index (χ4v) is 4.93. The molecule has 0 aliphatic heterocycles. The number of amides is 1. The van der Waals surface area contributed by atoms with Crippen molar-refractivity contribution in [3.63, 3.8) is 0 Å². The fraction of sp³-hybridized carbons (Fsp3) is 0.367. The first kappa shape index (κ1) is 25.4. The number of furan rings is 1. The average molecular weight is 488 g/mol. The average Bonchev–Trinajstić information content (AvgIpc) is 3.35. The number of nitrogens with one attached hydrogen (secondary N) is 1. The Morgan fingerprint density at radius 2 is 1.47 bits per heavy atom. The number of ketones is 1. The zero-order valence-electron chi connectivity index (χ0n) is 21.7. The number of esters is 1. The highest BCUT2D eigenvalue weighted by Gasteiger charge is 2.38. The van der Waals surface area contributed by atoms with E-state index in [0.29, 0.717) is 11.1 Å². The number of hydrogen-bond acceptors (Lipinski definition) is 5. The zero-order chi connectivity index (χ0) is 26.3. The maximum Gasteiger partial charge on any atom is 0.333 e. The van der Waals surface area contributed by atoms with Gasteiger partial charge in [-0.3, -0.25) is 9.59 Å². The van der Waals surface area contributed by atoms with E-state index in [1.807, 2.05) is 19.1 Å². The molecule has 0 saturated carbocycles. The van der Waals surface area contributed by atoms with Crippen molar-refractivity contribution in [3.05, 3.63) is 93.9 Å². The fourth-order valence-electron chi connectivity index (χ4n) is 4.93. The third kappa shape index (κ3) is 4.72. The van der Waals surface area contributed by atoms with E-state index >= 15 is 0 Å². The maximum absolute atomic E-state index is 13.5. The molecular weight excluding hydrogens is 454 g/mol. The smallest absolute Gasteiger partial charge is 0.333 e. The molecule has 1 unspecified atom stereocenters. The first-order valence-corrected chi connectivity index (χ1v) is 12.2. The molecule has 0 spiro atoms. The Morgan fingerprint density at radius 1 is 0.889 bits per heavy atom. The van der Waals surface area contributed by atoms with Gasteiger partial charge in [-0.2, -0.15) is 0 Å². The van der Waals surface area contributed by atoms with E-state index in [2.05, 4.69) is 39.1 Å². The number of aryl methyl sites for hydroxylation is 1. The number of carbonyl (C=O) groups is 3. The van der Waals surface area contributed by atoms with Gasteiger partial charge in [0.25, 0.3) is 5.91 Å². The molecule has 0 bridgehead atoms. The number of fused-ring (bicyclic) bond motifs is 1. The number of methoxy groups -OCH3 is 1. The molecule has 6 nitrogen and oxygen atoms in total. The Hall–Kier alpha value is -3.67. The van der Waals surface area contributed by atoms with Gasteiger partial charge >= 0.3 is 5.97 Å². The van der Waals surface area contributed by atoms with Gasteiger partial charge in [-0.1, -0.05) is 64.1 Å². The molecule has 0 fully saturated rings. The Balaban J connectivity index is 1.61. The normalized spacial score (nSPS) is 16.5. The third-order valence-corrected chi connectivity index (χ3v) is 7.34. The third-order valence-electron chi connectivity index (χ3n) is 7.34. The minimum Gasteiger partial charge on any atom is -0.467 e. The molecule has 0 radical (unpaired) electrons. The second kappa shape index (κ2) is 9.41. The molecule has 3 aromatic rings. The molecule has 4 rings (SSSR count). The second-order valence-electron chi connectivity index (χ2n) is 10.8. The minimum atomic E-state index is -0.999.